The van der Waals surface area contributed by atoms with Gasteiger partial charge in [0.2, 0.25) is 0 Å². The Bertz CT molecular complexity index is 1030. The molecule has 0 radical (unpaired) electrons. The molecule has 2 aromatic carbocycles. The van der Waals surface area contributed by atoms with Crippen molar-refractivity contribution >= 4 is 28.9 Å². The van der Waals surface area contributed by atoms with Crippen molar-refractivity contribution in [3.63, 3.8) is 0 Å². The van der Waals surface area contributed by atoms with E-state index in [2.05, 4.69) is 15.6 Å². The zero-order valence-electron chi connectivity index (χ0n) is 16.7. The van der Waals surface area contributed by atoms with Crippen LogP contribution < -0.4 is 10.6 Å². The quantitative estimate of drug-likeness (QED) is 0.588. The number of carbonyl (C=O) groups excluding carboxylic acids is 2. The van der Waals surface area contributed by atoms with Crippen LogP contribution in [0.1, 0.15) is 38.9 Å². The molecule has 0 bridgehead atoms. The lowest BCUT2D eigenvalue weighted by Gasteiger charge is -2.12. The average molecular weight is 389 g/mol. The van der Waals surface area contributed by atoms with Gasteiger partial charge in [0.15, 0.2) is 0 Å². The maximum absolute atomic E-state index is 12.5. The van der Waals surface area contributed by atoms with Crippen molar-refractivity contribution in [1.29, 1.82) is 0 Å². The summed E-state index contributed by atoms with van der Waals surface area (Å²) in [4.78, 5) is 28.8. The minimum absolute atomic E-state index is 0.282. The second-order valence-electron chi connectivity index (χ2n) is 6.60. The van der Waals surface area contributed by atoms with Crippen LogP contribution in [0, 0.1) is 13.8 Å². The number of pyridine rings is 1. The average Bonchev–Trinajstić information content (AvgIpc) is 2.71. The van der Waals surface area contributed by atoms with E-state index in [4.69, 9.17) is 4.74 Å². The van der Waals surface area contributed by atoms with E-state index < -0.39 is 5.97 Å². The van der Waals surface area contributed by atoms with Crippen molar-refractivity contribution in [2.75, 3.05) is 17.2 Å². The number of hydrogen-bond acceptors (Lipinski definition) is 5. The molecule has 0 aliphatic carbocycles. The number of ether oxygens (including phenoxy) is 1. The van der Waals surface area contributed by atoms with Crippen molar-refractivity contribution in [2.45, 2.75) is 20.8 Å². The van der Waals surface area contributed by atoms with E-state index in [1.54, 1.807) is 43.5 Å². The molecule has 0 spiro atoms. The zero-order chi connectivity index (χ0) is 20.8. The number of nitrogens with zero attached hydrogens (tertiary/aromatic N) is 1. The number of aromatic nitrogens is 1. The third-order valence-electron chi connectivity index (χ3n) is 4.33. The molecule has 0 aliphatic heterocycles. The van der Waals surface area contributed by atoms with Crippen molar-refractivity contribution in [1.82, 2.24) is 4.98 Å². The van der Waals surface area contributed by atoms with Crippen LogP contribution >= 0.6 is 0 Å². The largest absolute Gasteiger partial charge is 0.462 e. The first kappa shape index (κ1) is 20.1. The lowest BCUT2D eigenvalue weighted by Crippen LogP contribution is -2.14. The molecule has 0 atom stereocenters. The number of nitrogens with one attached hydrogen (secondary N) is 2. The molecule has 0 unspecified atom stereocenters. The Morgan fingerprint density at radius 2 is 1.79 bits per heavy atom. The number of rotatable bonds is 6. The maximum atomic E-state index is 12.5. The molecule has 0 saturated carbocycles. The van der Waals surface area contributed by atoms with Gasteiger partial charge in [-0.15, -0.1) is 0 Å². The van der Waals surface area contributed by atoms with Crippen LogP contribution in [0.2, 0.25) is 0 Å². The Labute approximate surface area is 169 Å². The Kier molecular flexibility index (Phi) is 6.24. The number of esters is 1. The third kappa shape index (κ3) is 4.99. The Morgan fingerprint density at radius 3 is 2.48 bits per heavy atom. The molecule has 0 saturated heterocycles. The van der Waals surface area contributed by atoms with E-state index in [0.717, 1.165) is 16.8 Å². The van der Waals surface area contributed by atoms with Gasteiger partial charge in [-0.3, -0.25) is 4.79 Å². The summed E-state index contributed by atoms with van der Waals surface area (Å²) in [5, 5.41) is 6.03. The van der Waals surface area contributed by atoms with E-state index in [-0.39, 0.29) is 5.91 Å². The summed E-state index contributed by atoms with van der Waals surface area (Å²) in [6.45, 7) is 6.02. The van der Waals surface area contributed by atoms with Gasteiger partial charge < -0.3 is 15.4 Å². The number of hydrogen-bond donors (Lipinski definition) is 2. The summed E-state index contributed by atoms with van der Waals surface area (Å²) < 4.78 is 5.08. The van der Waals surface area contributed by atoms with Crippen LogP contribution in [-0.2, 0) is 4.74 Å². The predicted octanol–water partition coefficient (Wildman–Crippen LogP) is 4.87. The molecule has 2 N–H and O–H groups in total. The Balaban J connectivity index is 1.72. The number of para-hydroxylation sites is 1. The van der Waals surface area contributed by atoms with Crippen LogP contribution in [0.4, 0.5) is 17.1 Å². The van der Waals surface area contributed by atoms with Crippen LogP contribution in [0.3, 0.4) is 0 Å². The second-order valence-corrected chi connectivity index (χ2v) is 6.60. The highest BCUT2D eigenvalue weighted by Crippen LogP contribution is 2.22. The SMILES string of the molecule is CCOC(=O)c1ccccc1Nc1ccc(C(=O)Nc2ccc(C)cc2C)nc1. The Hall–Kier alpha value is -3.67. The van der Waals surface area contributed by atoms with Gasteiger partial charge in [-0.1, -0.05) is 29.8 Å². The summed E-state index contributed by atoms with van der Waals surface area (Å²) in [6, 6.07) is 16.3. The number of benzene rings is 2. The van der Waals surface area contributed by atoms with Gasteiger partial charge in [0.05, 0.1) is 29.7 Å². The highest BCUT2D eigenvalue weighted by atomic mass is 16.5. The maximum Gasteiger partial charge on any atom is 0.340 e. The van der Waals surface area contributed by atoms with E-state index in [0.29, 0.717) is 29.2 Å². The first-order valence-corrected chi connectivity index (χ1v) is 9.35. The topological polar surface area (TPSA) is 80.3 Å². The summed E-state index contributed by atoms with van der Waals surface area (Å²) in [6.07, 6.45) is 1.55. The van der Waals surface area contributed by atoms with E-state index in [1.807, 2.05) is 38.1 Å². The second kappa shape index (κ2) is 9.01. The number of amides is 1. The predicted molar refractivity (Wildman–Crippen MR) is 114 cm³/mol. The molecular formula is C23H23N3O3. The van der Waals surface area contributed by atoms with E-state index in [9.17, 15) is 9.59 Å². The fourth-order valence-corrected chi connectivity index (χ4v) is 2.88. The standard InChI is InChI=1S/C23H23N3O3/c1-4-29-23(28)18-7-5-6-8-20(18)25-17-10-12-21(24-14-17)22(27)26-19-11-9-15(2)13-16(19)3/h5-14,25H,4H2,1-3H3,(H,26,27). The molecule has 3 rings (SSSR count). The van der Waals surface area contributed by atoms with Gasteiger partial charge in [0.25, 0.3) is 5.91 Å². The van der Waals surface area contributed by atoms with Gasteiger partial charge in [0.1, 0.15) is 5.69 Å². The highest BCUT2D eigenvalue weighted by Gasteiger charge is 2.13. The van der Waals surface area contributed by atoms with Crippen molar-refractivity contribution in [2.24, 2.45) is 0 Å². The lowest BCUT2D eigenvalue weighted by atomic mass is 10.1. The minimum Gasteiger partial charge on any atom is -0.462 e. The highest BCUT2D eigenvalue weighted by molar-refractivity contribution is 6.03. The first-order valence-electron chi connectivity index (χ1n) is 9.35. The molecule has 6 heteroatoms. The molecule has 3 aromatic rings. The van der Waals surface area contributed by atoms with Gasteiger partial charge in [-0.2, -0.15) is 0 Å². The van der Waals surface area contributed by atoms with Crippen molar-refractivity contribution in [3.8, 4) is 0 Å². The molecule has 6 nitrogen and oxygen atoms in total. The van der Waals surface area contributed by atoms with Crippen molar-refractivity contribution < 1.29 is 14.3 Å². The molecule has 148 valence electrons. The first-order chi connectivity index (χ1) is 14.0. The van der Waals surface area contributed by atoms with Crippen LogP contribution in [0.5, 0.6) is 0 Å². The van der Waals surface area contributed by atoms with Gasteiger partial charge in [-0.05, 0) is 56.7 Å². The van der Waals surface area contributed by atoms with Crippen LogP contribution in [0.25, 0.3) is 0 Å². The molecule has 29 heavy (non-hydrogen) atoms. The summed E-state index contributed by atoms with van der Waals surface area (Å²) in [5.41, 5.74) is 4.89. The Morgan fingerprint density at radius 1 is 1.00 bits per heavy atom. The van der Waals surface area contributed by atoms with Gasteiger partial charge >= 0.3 is 5.97 Å². The number of carbonyl (C=O) groups is 2. The number of anilines is 3. The van der Waals surface area contributed by atoms with Gasteiger partial charge in [-0.25, -0.2) is 9.78 Å². The third-order valence-corrected chi connectivity index (χ3v) is 4.33. The summed E-state index contributed by atoms with van der Waals surface area (Å²) >= 11 is 0. The molecule has 1 amide bonds. The monoisotopic (exact) mass is 389 g/mol. The molecule has 1 aromatic heterocycles. The fraction of sp³-hybridized carbons (Fsp3) is 0.174. The molecule has 0 fully saturated rings. The molecule has 1 heterocycles. The van der Waals surface area contributed by atoms with E-state index in [1.165, 1.54) is 0 Å². The summed E-state index contributed by atoms with van der Waals surface area (Å²) in [7, 11) is 0. The molecule has 0 aliphatic rings. The normalized spacial score (nSPS) is 10.3. The van der Waals surface area contributed by atoms with Crippen molar-refractivity contribution in [3.05, 3.63) is 83.2 Å². The summed E-state index contributed by atoms with van der Waals surface area (Å²) in [5.74, 6) is -0.677. The van der Waals surface area contributed by atoms with E-state index >= 15 is 0 Å². The fourth-order valence-electron chi connectivity index (χ4n) is 2.88. The molecular weight excluding hydrogens is 366 g/mol. The van der Waals surface area contributed by atoms with Gasteiger partial charge in [0, 0.05) is 5.69 Å². The minimum atomic E-state index is -0.395. The van der Waals surface area contributed by atoms with Crippen LogP contribution in [-0.4, -0.2) is 23.5 Å². The smallest absolute Gasteiger partial charge is 0.340 e. The zero-order valence-corrected chi connectivity index (χ0v) is 16.7. The van der Waals surface area contributed by atoms with Crippen LogP contribution in [0.15, 0.2) is 60.8 Å². The number of aryl methyl sites for hydroxylation is 2. The lowest BCUT2D eigenvalue weighted by molar-refractivity contribution is 0.0527.